The minimum Gasteiger partial charge on any atom is -0.465 e. The Labute approximate surface area is 105 Å². The monoisotopic (exact) mass is 268 g/mol. The standard InChI is InChI=1S/C11H12N2O4S/c1-17-11(14)8-2-4-12-10(6-8)13-9-3-5-18(15,16)7-9/h2-6,9H,7H2,1H3,(H,12,13). The molecule has 1 aromatic heterocycles. The summed E-state index contributed by atoms with van der Waals surface area (Å²) in [6.07, 6.45) is 3.02. The molecule has 0 aliphatic carbocycles. The molecule has 1 unspecified atom stereocenters. The third-order valence-electron chi connectivity index (χ3n) is 2.44. The molecule has 0 spiro atoms. The van der Waals surface area contributed by atoms with Crippen LogP contribution in [0.3, 0.4) is 0 Å². The van der Waals surface area contributed by atoms with Crippen LogP contribution < -0.4 is 5.32 Å². The quantitative estimate of drug-likeness (QED) is 0.808. The first-order chi connectivity index (χ1) is 8.50. The molecule has 0 radical (unpaired) electrons. The number of nitrogens with one attached hydrogen (secondary N) is 1. The first-order valence-corrected chi connectivity index (χ1v) is 6.93. The van der Waals surface area contributed by atoms with Crippen LogP contribution in [0.2, 0.25) is 0 Å². The highest BCUT2D eigenvalue weighted by atomic mass is 32.2. The summed E-state index contributed by atoms with van der Waals surface area (Å²) in [4.78, 5) is 15.3. The van der Waals surface area contributed by atoms with Crippen LogP contribution >= 0.6 is 0 Å². The van der Waals surface area contributed by atoms with Crippen molar-refractivity contribution in [2.75, 3.05) is 18.2 Å². The summed E-state index contributed by atoms with van der Waals surface area (Å²) in [6.45, 7) is 0. The number of anilines is 1. The molecule has 1 aliphatic rings. The molecule has 0 fully saturated rings. The van der Waals surface area contributed by atoms with Gasteiger partial charge in [-0.3, -0.25) is 0 Å². The zero-order chi connectivity index (χ0) is 13.2. The first-order valence-electron chi connectivity index (χ1n) is 5.22. The zero-order valence-electron chi connectivity index (χ0n) is 9.66. The molecule has 0 aromatic carbocycles. The Bertz CT molecular complexity index is 595. The summed E-state index contributed by atoms with van der Waals surface area (Å²) in [5.41, 5.74) is 0.361. The summed E-state index contributed by atoms with van der Waals surface area (Å²) in [5, 5.41) is 4.11. The Morgan fingerprint density at radius 1 is 1.56 bits per heavy atom. The van der Waals surface area contributed by atoms with Gasteiger partial charge in [0, 0.05) is 11.6 Å². The molecule has 1 aliphatic heterocycles. The van der Waals surface area contributed by atoms with Crippen LogP contribution in [0.1, 0.15) is 10.4 Å². The molecule has 2 rings (SSSR count). The van der Waals surface area contributed by atoms with Gasteiger partial charge in [0.1, 0.15) is 5.82 Å². The van der Waals surface area contributed by atoms with E-state index in [2.05, 4.69) is 15.0 Å². The van der Waals surface area contributed by atoms with E-state index >= 15 is 0 Å². The van der Waals surface area contributed by atoms with Crippen LogP contribution in [0.5, 0.6) is 0 Å². The van der Waals surface area contributed by atoms with Crippen LogP contribution in [-0.2, 0) is 14.6 Å². The van der Waals surface area contributed by atoms with E-state index < -0.39 is 15.8 Å². The molecule has 1 aromatic rings. The van der Waals surface area contributed by atoms with Crippen LogP contribution in [0, 0.1) is 0 Å². The highest BCUT2D eigenvalue weighted by molar-refractivity contribution is 7.94. The smallest absolute Gasteiger partial charge is 0.338 e. The van der Waals surface area contributed by atoms with Gasteiger partial charge in [0.25, 0.3) is 0 Å². The van der Waals surface area contributed by atoms with E-state index in [0.29, 0.717) is 11.4 Å². The Morgan fingerprint density at radius 2 is 2.33 bits per heavy atom. The van der Waals surface area contributed by atoms with Crippen molar-refractivity contribution >= 4 is 21.6 Å². The molecule has 6 nitrogen and oxygen atoms in total. The number of nitrogens with zero attached hydrogens (tertiary/aromatic N) is 1. The van der Waals surface area contributed by atoms with Crippen molar-refractivity contribution in [1.29, 1.82) is 0 Å². The second-order valence-corrected chi connectivity index (χ2v) is 5.76. The van der Waals surface area contributed by atoms with E-state index in [4.69, 9.17) is 0 Å². The first kappa shape index (κ1) is 12.6. The van der Waals surface area contributed by atoms with Gasteiger partial charge >= 0.3 is 5.97 Å². The van der Waals surface area contributed by atoms with Crippen molar-refractivity contribution in [1.82, 2.24) is 4.98 Å². The molecule has 7 heteroatoms. The summed E-state index contributed by atoms with van der Waals surface area (Å²) in [7, 11) is -1.82. The van der Waals surface area contributed by atoms with Gasteiger partial charge in [-0.25, -0.2) is 18.2 Å². The highest BCUT2D eigenvalue weighted by Gasteiger charge is 2.21. The molecule has 1 atom stereocenters. The molecular formula is C11H12N2O4S. The van der Waals surface area contributed by atoms with Gasteiger partial charge in [-0.1, -0.05) is 0 Å². The Hall–Kier alpha value is -1.89. The molecule has 0 saturated heterocycles. The van der Waals surface area contributed by atoms with Crippen molar-refractivity contribution in [3.63, 3.8) is 0 Å². The van der Waals surface area contributed by atoms with E-state index in [1.807, 2.05) is 0 Å². The molecule has 2 heterocycles. The van der Waals surface area contributed by atoms with Crippen LogP contribution in [0.4, 0.5) is 5.82 Å². The lowest BCUT2D eigenvalue weighted by atomic mass is 10.2. The van der Waals surface area contributed by atoms with Gasteiger partial charge in [-0.05, 0) is 18.2 Å². The normalized spacial score (nSPS) is 20.6. The molecule has 96 valence electrons. The van der Waals surface area contributed by atoms with Gasteiger partial charge in [0.2, 0.25) is 0 Å². The van der Waals surface area contributed by atoms with Crippen molar-refractivity contribution in [3.8, 4) is 0 Å². The third kappa shape index (κ3) is 2.86. The maximum atomic E-state index is 11.3. The maximum absolute atomic E-state index is 11.3. The number of rotatable bonds is 3. The number of carbonyl (C=O) groups excluding carboxylic acids is 1. The van der Waals surface area contributed by atoms with Gasteiger partial charge in [0.15, 0.2) is 9.84 Å². The highest BCUT2D eigenvalue weighted by Crippen LogP contribution is 2.14. The van der Waals surface area contributed by atoms with E-state index in [0.717, 1.165) is 0 Å². The minimum atomic E-state index is -3.11. The lowest BCUT2D eigenvalue weighted by Crippen LogP contribution is -2.21. The number of carbonyl (C=O) groups is 1. The number of ether oxygens (including phenoxy) is 1. The molecule has 1 N–H and O–H groups in total. The van der Waals surface area contributed by atoms with Crippen LogP contribution in [0.15, 0.2) is 29.8 Å². The van der Waals surface area contributed by atoms with E-state index in [9.17, 15) is 13.2 Å². The molecule has 18 heavy (non-hydrogen) atoms. The zero-order valence-corrected chi connectivity index (χ0v) is 10.5. The molecule has 0 bridgehead atoms. The second-order valence-electron chi connectivity index (χ2n) is 3.83. The maximum Gasteiger partial charge on any atom is 0.338 e. The number of hydrogen-bond acceptors (Lipinski definition) is 6. The second kappa shape index (κ2) is 4.77. The van der Waals surface area contributed by atoms with Gasteiger partial charge in [0.05, 0.1) is 24.5 Å². The van der Waals surface area contributed by atoms with Crippen LogP contribution in [0.25, 0.3) is 0 Å². The molecule has 0 saturated carbocycles. The number of sulfone groups is 1. The van der Waals surface area contributed by atoms with Gasteiger partial charge in [-0.15, -0.1) is 0 Å². The lowest BCUT2D eigenvalue weighted by molar-refractivity contribution is 0.0600. The van der Waals surface area contributed by atoms with Crippen molar-refractivity contribution in [2.24, 2.45) is 0 Å². The Morgan fingerprint density at radius 3 is 2.94 bits per heavy atom. The predicted molar refractivity (Wildman–Crippen MR) is 65.9 cm³/mol. The number of hydrogen-bond donors (Lipinski definition) is 1. The van der Waals surface area contributed by atoms with Crippen molar-refractivity contribution in [2.45, 2.75) is 6.04 Å². The Kier molecular flexibility index (Phi) is 3.33. The molecular weight excluding hydrogens is 256 g/mol. The fourth-order valence-corrected chi connectivity index (χ4v) is 2.85. The van der Waals surface area contributed by atoms with Crippen molar-refractivity contribution in [3.05, 3.63) is 35.4 Å². The van der Waals surface area contributed by atoms with E-state index in [-0.39, 0.29) is 11.8 Å². The molecule has 0 amide bonds. The van der Waals surface area contributed by atoms with E-state index in [1.165, 1.54) is 30.8 Å². The summed E-state index contributed by atoms with van der Waals surface area (Å²) < 4.78 is 27.1. The lowest BCUT2D eigenvalue weighted by Gasteiger charge is -2.10. The van der Waals surface area contributed by atoms with Gasteiger partial charge in [-0.2, -0.15) is 0 Å². The Balaban J connectivity index is 2.11. The van der Waals surface area contributed by atoms with Gasteiger partial charge < -0.3 is 10.1 Å². The predicted octanol–water partition coefficient (Wildman–Crippen LogP) is 0.591. The SMILES string of the molecule is COC(=O)c1ccnc(NC2C=CS(=O)(=O)C2)c1. The van der Waals surface area contributed by atoms with Crippen molar-refractivity contribution < 1.29 is 17.9 Å². The largest absolute Gasteiger partial charge is 0.465 e. The average molecular weight is 268 g/mol. The number of pyridine rings is 1. The number of esters is 1. The van der Waals surface area contributed by atoms with Crippen LogP contribution in [-0.4, -0.2) is 38.3 Å². The summed E-state index contributed by atoms with van der Waals surface area (Å²) in [5.74, 6) is -0.0309. The fourth-order valence-electron chi connectivity index (χ4n) is 1.61. The number of aromatic nitrogens is 1. The summed E-state index contributed by atoms with van der Waals surface area (Å²) >= 11 is 0. The topological polar surface area (TPSA) is 85.4 Å². The van der Waals surface area contributed by atoms with E-state index in [1.54, 1.807) is 6.08 Å². The average Bonchev–Trinajstić information content (AvgIpc) is 2.68. The third-order valence-corrected chi connectivity index (χ3v) is 3.84. The fraction of sp³-hybridized carbons (Fsp3) is 0.273. The minimum absolute atomic E-state index is 0.00285. The summed E-state index contributed by atoms with van der Waals surface area (Å²) in [6, 6.07) is 2.72. The number of methoxy groups -OCH3 is 1.